The third-order valence-corrected chi connectivity index (χ3v) is 3.11. The lowest BCUT2D eigenvalue weighted by Crippen LogP contribution is -2.16. The van der Waals surface area contributed by atoms with Crippen molar-refractivity contribution in [2.24, 2.45) is 11.8 Å². The van der Waals surface area contributed by atoms with E-state index in [2.05, 4.69) is 20.7 Å². The van der Waals surface area contributed by atoms with Crippen LogP contribution in [0, 0.1) is 11.8 Å². The summed E-state index contributed by atoms with van der Waals surface area (Å²) in [5, 5.41) is 0.394. The van der Waals surface area contributed by atoms with Crippen LogP contribution in [-0.4, -0.2) is 24.2 Å². The maximum Gasteiger partial charge on any atom is 0.308 e. The van der Waals surface area contributed by atoms with Crippen molar-refractivity contribution in [2.45, 2.75) is 19.3 Å². The molecule has 0 aliphatic heterocycles. The average molecular weight is 249 g/mol. The minimum absolute atomic E-state index is 0.0574. The number of carbonyl (C=O) groups is 2. The number of esters is 1. The predicted molar refractivity (Wildman–Crippen MR) is 51.6 cm³/mol. The first-order chi connectivity index (χ1) is 6.19. The second-order valence-electron chi connectivity index (χ2n) is 3.33. The van der Waals surface area contributed by atoms with E-state index in [4.69, 9.17) is 0 Å². The van der Waals surface area contributed by atoms with Gasteiger partial charge in [0.2, 0.25) is 0 Å². The summed E-state index contributed by atoms with van der Waals surface area (Å²) >= 11 is 3.13. The van der Waals surface area contributed by atoms with Crippen molar-refractivity contribution < 1.29 is 14.3 Å². The van der Waals surface area contributed by atoms with Crippen molar-refractivity contribution in [3.8, 4) is 0 Å². The van der Waals surface area contributed by atoms with Crippen LogP contribution in [0.15, 0.2) is 0 Å². The zero-order valence-corrected chi connectivity index (χ0v) is 9.17. The third kappa shape index (κ3) is 2.53. The number of ether oxygens (including phenoxy) is 1. The number of halogens is 1. The lowest BCUT2D eigenvalue weighted by atomic mass is 10.0. The predicted octanol–water partition coefficient (Wildman–Crippen LogP) is 1.54. The summed E-state index contributed by atoms with van der Waals surface area (Å²) in [6, 6.07) is 0. The van der Waals surface area contributed by atoms with Gasteiger partial charge in [0.25, 0.3) is 0 Å². The van der Waals surface area contributed by atoms with Crippen molar-refractivity contribution in [3.05, 3.63) is 0 Å². The van der Waals surface area contributed by atoms with E-state index < -0.39 is 0 Å². The molecule has 2 atom stereocenters. The average Bonchev–Trinajstić information content (AvgIpc) is 2.64. The lowest BCUT2D eigenvalue weighted by molar-refractivity contribution is -0.145. The molecule has 1 fully saturated rings. The van der Waals surface area contributed by atoms with Crippen LogP contribution in [0.2, 0.25) is 0 Å². The number of ketones is 1. The molecule has 1 aliphatic carbocycles. The number of rotatable bonds is 3. The van der Waals surface area contributed by atoms with Crippen LogP contribution in [0.5, 0.6) is 0 Å². The summed E-state index contributed by atoms with van der Waals surface area (Å²) in [4.78, 5) is 22.4. The molecule has 4 heteroatoms. The second-order valence-corrected chi connectivity index (χ2v) is 3.89. The lowest BCUT2D eigenvalue weighted by Gasteiger charge is -2.07. The van der Waals surface area contributed by atoms with E-state index in [0.29, 0.717) is 11.8 Å². The summed E-state index contributed by atoms with van der Waals surface area (Å²) in [6.07, 6.45) is 2.28. The third-order valence-electron chi connectivity index (χ3n) is 2.55. The van der Waals surface area contributed by atoms with Gasteiger partial charge >= 0.3 is 5.97 Å². The second kappa shape index (κ2) is 4.74. The fourth-order valence-electron chi connectivity index (χ4n) is 1.76. The molecule has 0 aromatic heterocycles. The molecule has 13 heavy (non-hydrogen) atoms. The highest BCUT2D eigenvalue weighted by molar-refractivity contribution is 9.09. The summed E-state index contributed by atoms with van der Waals surface area (Å²) in [5.74, 6) is 0.0257. The van der Waals surface area contributed by atoms with Crippen molar-refractivity contribution in [2.75, 3.05) is 12.4 Å². The topological polar surface area (TPSA) is 43.4 Å². The Hall–Kier alpha value is -0.380. The monoisotopic (exact) mass is 248 g/mol. The molecular formula is C9H13BrO3. The molecule has 0 radical (unpaired) electrons. The molecule has 0 saturated heterocycles. The number of hydrogen-bond acceptors (Lipinski definition) is 3. The highest BCUT2D eigenvalue weighted by atomic mass is 79.9. The van der Waals surface area contributed by atoms with Gasteiger partial charge < -0.3 is 4.74 Å². The summed E-state index contributed by atoms with van der Waals surface area (Å²) in [5.41, 5.74) is 0. The van der Waals surface area contributed by atoms with E-state index in [1.165, 1.54) is 7.11 Å². The maximum absolute atomic E-state index is 11.3. The minimum Gasteiger partial charge on any atom is -0.469 e. The standard InChI is InChI=1S/C9H13BrO3/c1-13-9(12)7-3-2-6(4-7)8(11)5-10/h6-7H,2-5H2,1H3. The fraction of sp³-hybridized carbons (Fsp3) is 0.778. The summed E-state index contributed by atoms with van der Waals surface area (Å²) < 4.78 is 4.63. The molecule has 74 valence electrons. The van der Waals surface area contributed by atoms with E-state index in [9.17, 15) is 9.59 Å². The quantitative estimate of drug-likeness (QED) is 0.562. The maximum atomic E-state index is 11.3. The van der Waals surface area contributed by atoms with Crippen LogP contribution in [0.4, 0.5) is 0 Å². The molecule has 3 nitrogen and oxygen atoms in total. The van der Waals surface area contributed by atoms with Crippen LogP contribution in [0.25, 0.3) is 0 Å². The van der Waals surface area contributed by atoms with Gasteiger partial charge in [-0.2, -0.15) is 0 Å². The van der Waals surface area contributed by atoms with E-state index >= 15 is 0 Å². The van der Waals surface area contributed by atoms with E-state index in [1.807, 2.05) is 0 Å². The molecule has 2 unspecified atom stereocenters. The first-order valence-corrected chi connectivity index (χ1v) is 5.47. The van der Waals surface area contributed by atoms with Crippen molar-refractivity contribution >= 4 is 27.7 Å². The molecule has 0 N–H and O–H groups in total. The fourth-order valence-corrected chi connectivity index (χ4v) is 2.22. The highest BCUT2D eigenvalue weighted by Crippen LogP contribution is 2.32. The van der Waals surface area contributed by atoms with E-state index in [-0.39, 0.29) is 23.6 Å². The molecule has 1 rings (SSSR count). The van der Waals surface area contributed by atoms with Crippen LogP contribution in [-0.2, 0) is 14.3 Å². The number of alkyl halides is 1. The van der Waals surface area contributed by atoms with Gasteiger partial charge in [-0.25, -0.2) is 0 Å². The minimum atomic E-state index is -0.176. The molecular weight excluding hydrogens is 236 g/mol. The Morgan fingerprint density at radius 1 is 1.38 bits per heavy atom. The van der Waals surface area contributed by atoms with Gasteiger partial charge in [0, 0.05) is 5.92 Å². The van der Waals surface area contributed by atoms with E-state index in [1.54, 1.807) is 0 Å². The van der Waals surface area contributed by atoms with Gasteiger partial charge in [0.05, 0.1) is 18.4 Å². The molecule has 0 aromatic rings. The molecule has 1 saturated carbocycles. The summed E-state index contributed by atoms with van der Waals surface area (Å²) in [6.45, 7) is 0. The van der Waals surface area contributed by atoms with Crippen LogP contribution in [0.1, 0.15) is 19.3 Å². The van der Waals surface area contributed by atoms with Gasteiger partial charge in [0.1, 0.15) is 5.78 Å². The zero-order valence-electron chi connectivity index (χ0n) is 7.59. The summed E-state index contributed by atoms with van der Waals surface area (Å²) in [7, 11) is 1.39. The smallest absolute Gasteiger partial charge is 0.308 e. The molecule has 0 spiro atoms. The van der Waals surface area contributed by atoms with Gasteiger partial charge in [-0.1, -0.05) is 15.9 Å². The Bertz CT molecular complexity index is 193. The van der Waals surface area contributed by atoms with Crippen molar-refractivity contribution in [3.63, 3.8) is 0 Å². The Balaban J connectivity index is 2.44. The van der Waals surface area contributed by atoms with Gasteiger partial charge in [0.15, 0.2) is 0 Å². The van der Waals surface area contributed by atoms with Gasteiger partial charge in [-0.05, 0) is 19.3 Å². The Morgan fingerprint density at radius 2 is 2.00 bits per heavy atom. The molecule has 1 aliphatic rings. The van der Waals surface area contributed by atoms with Crippen LogP contribution in [0.3, 0.4) is 0 Å². The molecule has 0 bridgehead atoms. The van der Waals surface area contributed by atoms with Gasteiger partial charge in [-0.3, -0.25) is 9.59 Å². The Kier molecular flexibility index (Phi) is 3.90. The van der Waals surface area contributed by atoms with Crippen LogP contribution < -0.4 is 0 Å². The molecule has 0 amide bonds. The first kappa shape index (κ1) is 10.7. The van der Waals surface area contributed by atoms with E-state index in [0.717, 1.165) is 12.8 Å². The number of Topliss-reactive ketones (excluding diaryl/α,β-unsaturated/α-hetero) is 1. The Morgan fingerprint density at radius 3 is 2.54 bits per heavy atom. The number of methoxy groups -OCH3 is 1. The Labute approximate surface area is 86.0 Å². The normalized spacial score (nSPS) is 27.2. The number of carbonyl (C=O) groups excluding carboxylic acids is 2. The number of hydrogen-bond donors (Lipinski definition) is 0. The highest BCUT2D eigenvalue weighted by Gasteiger charge is 2.33. The SMILES string of the molecule is COC(=O)C1CCC(C(=O)CBr)C1. The molecule has 0 aromatic carbocycles. The first-order valence-electron chi connectivity index (χ1n) is 4.35. The zero-order chi connectivity index (χ0) is 9.84. The van der Waals surface area contributed by atoms with Crippen molar-refractivity contribution in [1.29, 1.82) is 0 Å². The van der Waals surface area contributed by atoms with Gasteiger partial charge in [-0.15, -0.1) is 0 Å². The largest absolute Gasteiger partial charge is 0.469 e. The molecule has 0 heterocycles. The van der Waals surface area contributed by atoms with Crippen LogP contribution >= 0.6 is 15.9 Å². The van der Waals surface area contributed by atoms with Crippen molar-refractivity contribution in [1.82, 2.24) is 0 Å².